The van der Waals surface area contributed by atoms with Crippen LogP contribution in [0.4, 0.5) is 10.6 Å². The van der Waals surface area contributed by atoms with Crippen LogP contribution in [0.5, 0.6) is 11.5 Å². The van der Waals surface area contributed by atoms with Gasteiger partial charge in [0.15, 0.2) is 0 Å². The third-order valence-electron chi connectivity index (χ3n) is 3.84. The minimum absolute atomic E-state index is 0.0263. The molecule has 3 rings (SSSR count). The first-order valence-corrected chi connectivity index (χ1v) is 8.75. The number of carbonyl (C=O) groups is 1. The maximum absolute atomic E-state index is 12.3. The molecule has 1 heterocycles. The van der Waals surface area contributed by atoms with Gasteiger partial charge in [-0.15, -0.1) is 0 Å². The summed E-state index contributed by atoms with van der Waals surface area (Å²) in [5, 5.41) is 17.2. The zero-order valence-electron chi connectivity index (χ0n) is 15.2. The number of hydrogen-bond acceptors (Lipinski definition) is 4. The number of nitrogens with one attached hydrogen (secondary N) is 1. The van der Waals surface area contributed by atoms with Crippen LogP contribution >= 0.6 is 11.6 Å². The second-order valence-corrected chi connectivity index (χ2v) is 7.45. The Labute approximate surface area is 162 Å². The Morgan fingerprint density at radius 3 is 2.48 bits per heavy atom. The second kappa shape index (κ2) is 7.32. The number of benzene rings is 2. The van der Waals surface area contributed by atoms with Gasteiger partial charge in [0.1, 0.15) is 17.3 Å². The van der Waals surface area contributed by atoms with Gasteiger partial charge in [0.2, 0.25) is 0 Å². The quantitative estimate of drug-likeness (QED) is 0.654. The maximum Gasteiger partial charge on any atom is 0.418 e. The van der Waals surface area contributed by atoms with Gasteiger partial charge < -0.3 is 9.84 Å². The van der Waals surface area contributed by atoms with Crippen LogP contribution < -0.4 is 10.1 Å². The van der Waals surface area contributed by atoms with E-state index in [1.807, 2.05) is 26.8 Å². The molecule has 3 aromatic rings. The number of halogens is 1. The molecule has 0 aliphatic rings. The Morgan fingerprint density at radius 1 is 1.15 bits per heavy atom. The fourth-order valence-corrected chi connectivity index (χ4v) is 2.56. The molecule has 0 bridgehead atoms. The molecule has 140 valence electrons. The summed E-state index contributed by atoms with van der Waals surface area (Å²) in [5.41, 5.74) is 1.15. The molecule has 0 unspecified atom stereocenters. The van der Waals surface area contributed by atoms with Crippen LogP contribution in [0.25, 0.3) is 5.69 Å². The highest BCUT2D eigenvalue weighted by Crippen LogP contribution is 2.30. The van der Waals surface area contributed by atoms with Gasteiger partial charge in [0.05, 0.1) is 16.4 Å². The predicted molar refractivity (Wildman–Crippen MR) is 105 cm³/mol. The molecule has 2 aromatic carbocycles. The van der Waals surface area contributed by atoms with Gasteiger partial charge >= 0.3 is 6.09 Å². The first-order valence-electron chi connectivity index (χ1n) is 8.37. The molecule has 0 saturated heterocycles. The minimum Gasteiger partial charge on any atom is -0.506 e. The molecule has 0 atom stereocenters. The fourth-order valence-electron chi connectivity index (χ4n) is 2.39. The predicted octanol–water partition coefficient (Wildman–Crippen LogP) is 5.14. The molecular weight excluding hydrogens is 366 g/mol. The van der Waals surface area contributed by atoms with Crippen molar-refractivity contribution in [1.29, 1.82) is 0 Å². The van der Waals surface area contributed by atoms with Gasteiger partial charge in [-0.3, -0.25) is 5.32 Å². The van der Waals surface area contributed by atoms with Crippen LogP contribution in [0.2, 0.25) is 5.02 Å². The second-order valence-electron chi connectivity index (χ2n) is 7.04. The number of carbonyl (C=O) groups excluding carboxylic acids is 1. The minimum atomic E-state index is -0.632. The maximum atomic E-state index is 12.3. The molecule has 0 saturated carbocycles. The molecule has 0 radical (unpaired) electrons. The van der Waals surface area contributed by atoms with Crippen LogP contribution in [-0.4, -0.2) is 21.0 Å². The number of phenols is 1. The summed E-state index contributed by atoms with van der Waals surface area (Å²) in [7, 11) is 0. The van der Waals surface area contributed by atoms with E-state index in [9.17, 15) is 9.90 Å². The van der Waals surface area contributed by atoms with Crippen molar-refractivity contribution in [2.45, 2.75) is 26.2 Å². The number of ether oxygens (including phenoxy) is 1. The summed E-state index contributed by atoms with van der Waals surface area (Å²) in [6.45, 7) is 6.07. The van der Waals surface area contributed by atoms with Crippen molar-refractivity contribution in [3.05, 3.63) is 65.3 Å². The zero-order valence-corrected chi connectivity index (χ0v) is 16.0. The van der Waals surface area contributed by atoms with E-state index in [1.54, 1.807) is 47.1 Å². The van der Waals surface area contributed by atoms with Crippen molar-refractivity contribution in [3.63, 3.8) is 0 Å². The summed E-state index contributed by atoms with van der Waals surface area (Å²) in [6.07, 6.45) is -0.632. The van der Waals surface area contributed by atoms with Crippen molar-refractivity contribution in [2.75, 3.05) is 5.32 Å². The SMILES string of the molecule is CC(C)(C)c1cc(NC(=O)Oc2ccccc2)n(-c2ccc(O)c(Cl)c2)n1. The third-order valence-corrected chi connectivity index (χ3v) is 4.14. The zero-order chi connectivity index (χ0) is 19.6. The van der Waals surface area contributed by atoms with E-state index in [4.69, 9.17) is 16.3 Å². The lowest BCUT2D eigenvalue weighted by atomic mass is 9.92. The smallest absolute Gasteiger partial charge is 0.418 e. The number of phenolic OH excluding ortho intramolecular Hbond substituents is 1. The van der Waals surface area contributed by atoms with Gasteiger partial charge in [-0.25, -0.2) is 9.48 Å². The first kappa shape index (κ1) is 18.8. The number of anilines is 1. The van der Waals surface area contributed by atoms with E-state index in [0.29, 0.717) is 17.3 Å². The summed E-state index contributed by atoms with van der Waals surface area (Å²) in [4.78, 5) is 12.3. The molecule has 1 aromatic heterocycles. The molecule has 0 aliphatic carbocycles. The molecule has 27 heavy (non-hydrogen) atoms. The lowest BCUT2D eigenvalue weighted by Gasteiger charge is -2.14. The highest BCUT2D eigenvalue weighted by atomic mass is 35.5. The Hall–Kier alpha value is -2.99. The number of aromatic nitrogens is 2. The standard InChI is InChI=1S/C20H20ClN3O3/c1-20(2,3)17-12-18(22-19(26)27-14-7-5-4-6-8-14)24(23-17)13-9-10-16(25)15(21)11-13/h4-12,25H,1-3H3,(H,22,26). The highest BCUT2D eigenvalue weighted by Gasteiger charge is 2.22. The number of rotatable bonds is 3. The number of nitrogens with zero attached hydrogens (tertiary/aromatic N) is 2. The topological polar surface area (TPSA) is 76.4 Å². The van der Waals surface area contributed by atoms with Crippen molar-refractivity contribution in [2.24, 2.45) is 0 Å². The van der Waals surface area contributed by atoms with Crippen LogP contribution in [0.1, 0.15) is 26.5 Å². The fraction of sp³-hybridized carbons (Fsp3) is 0.200. The number of amides is 1. The summed E-state index contributed by atoms with van der Waals surface area (Å²) in [6, 6.07) is 15.3. The Balaban J connectivity index is 1.94. The molecule has 2 N–H and O–H groups in total. The van der Waals surface area contributed by atoms with E-state index in [2.05, 4.69) is 10.4 Å². The lowest BCUT2D eigenvalue weighted by Crippen LogP contribution is -2.19. The molecule has 7 heteroatoms. The molecule has 6 nitrogen and oxygen atoms in total. The summed E-state index contributed by atoms with van der Waals surface area (Å²) in [5.74, 6) is 0.842. The first-order chi connectivity index (χ1) is 12.7. The van der Waals surface area contributed by atoms with Crippen LogP contribution in [-0.2, 0) is 5.41 Å². The highest BCUT2D eigenvalue weighted by molar-refractivity contribution is 6.32. The largest absolute Gasteiger partial charge is 0.506 e. The number of para-hydroxylation sites is 1. The van der Waals surface area contributed by atoms with Gasteiger partial charge in [0.25, 0.3) is 0 Å². The van der Waals surface area contributed by atoms with Gasteiger partial charge in [-0.05, 0) is 30.3 Å². The Bertz CT molecular complexity index is 962. The number of aromatic hydroxyl groups is 1. The van der Waals surface area contributed by atoms with Crippen LogP contribution in [0, 0.1) is 0 Å². The van der Waals surface area contributed by atoms with Gasteiger partial charge in [-0.2, -0.15) is 5.10 Å². The number of hydrogen-bond donors (Lipinski definition) is 2. The van der Waals surface area contributed by atoms with Crippen molar-refractivity contribution >= 4 is 23.5 Å². The Morgan fingerprint density at radius 2 is 1.85 bits per heavy atom. The molecule has 1 amide bonds. The molecular formula is C20H20ClN3O3. The van der Waals surface area contributed by atoms with E-state index < -0.39 is 6.09 Å². The third kappa shape index (κ3) is 4.41. The summed E-state index contributed by atoms with van der Waals surface area (Å²) >= 11 is 6.02. The normalized spacial score (nSPS) is 11.3. The van der Waals surface area contributed by atoms with Crippen LogP contribution in [0.15, 0.2) is 54.6 Å². The Kier molecular flexibility index (Phi) is 5.10. The van der Waals surface area contributed by atoms with Crippen LogP contribution in [0.3, 0.4) is 0 Å². The average molecular weight is 386 g/mol. The van der Waals surface area contributed by atoms with E-state index >= 15 is 0 Å². The average Bonchev–Trinajstić information content (AvgIpc) is 3.02. The van der Waals surface area contributed by atoms with Crippen molar-refractivity contribution in [3.8, 4) is 17.2 Å². The molecule has 0 spiro atoms. The monoisotopic (exact) mass is 385 g/mol. The van der Waals surface area contributed by atoms with E-state index in [1.165, 1.54) is 6.07 Å². The molecule has 0 fully saturated rings. The van der Waals surface area contributed by atoms with E-state index in [-0.39, 0.29) is 16.2 Å². The van der Waals surface area contributed by atoms with Gasteiger partial charge in [-0.1, -0.05) is 50.6 Å². The van der Waals surface area contributed by atoms with E-state index in [0.717, 1.165) is 5.69 Å². The molecule has 0 aliphatic heterocycles. The lowest BCUT2D eigenvalue weighted by molar-refractivity contribution is 0.215. The van der Waals surface area contributed by atoms with Crippen molar-refractivity contribution < 1.29 is 14.6 Å². The summed E-state index contributed by atoms with van der Waals surface area (Å²) < 4.78 is 6.84. The van der Waals surface area contributed by atoms with Gasteiger partial charge in [0, 0.05) is 11.5 Å². The van der Waals surface area contributed by atoms with Crippen molar-refractivity contribution in [1.82, 2.24) is 9.78 Å².